The Morgan fingerprint density at radius 3 is 2.81 bits per heavy atom. The normalized spacial score (nSPS) is 33.8. The minimum absolute atomic E-state index is 0.116. The SMILES string of the molecule is CCCCC[C@H](O)/C=C/C1C2C/C(=C/CCCC(=O)O)C[C@@]2(C)C[C@H]1O. The molecule has 2 unspecified atom stereocenters. The van der Waals surface area contributed by atoms with E-state index in [1.165, 1.54) is 5.57 Å². The first-order chi connectivity index (χ1) is 12.4. The lowest BCUT2D eigenvalue weighted by Gasteiger charge is -2.24. The fourth-order valence-corrected chi connectivity index (χ4v) is 4.89. The van der Waals surface area contributed by atoms with Crippen LogP contribution in [0.1, 0.15) is 78.1 Å². The van der Waals surface area contributed by atoms with Crippen molar-refractivity contribution < 1.29 is 20.1 Å². The summed E-state index contributed by atoms with van der Waals surface area (Å²) in [5.74, 6) is -0.197. The molecule has 0 saturated heterocycles. The van der Waals surface area contributed by atoms with Gasteiger partial charge in [-0.1, -0.05) is 56.9 Å². The Bertz CT molecular complexity index is 524. The van der Waals surface area contributed by atoms with E-state index in [1.54, 1.807) is 0 Å². The maximum absolute atomic E-state index is 10.6. The van der Waals surface area contributed by atoms with Crippen molar-refractivity contribution in [1.29, 1.82) is 0 Å². The maximum Gasteiger partial charge on any atom is 0.303 e. The summed E-state index contributed by atoms with van der Waals surface area (Å²) in [6.07, 6.45) is 14.1. The zero-order valence-corrected chi connectivity index (χ0v) is 16.4. The molecular weight excluding hydrogens is 328 g/mol. The van der Waals surface area contributed by atoms with Gasteiger partial charge in [0.05, 0.1) is 12.2 Å². The van der Waals surface area contributed by atoms with Crippen LogP contribution in [0.25, 0.3) is 0 Å². The highest BCUT2D eigenvalue weighted by atomic mass is 16.4. The first kappa shape index (κ1) is 21.2. The number of fused-ring (bicyclic) bond motifs is 1. The van der Waals surface area contributed by atoms with Crippen LogP contribution < -0.4 is 0 Å². The minimum Gasteiger partial charge on any atom is -0.481 e. The molecule has 0 aromatic rings. The largest absolute Gasteiger partial charge is 0.481 e. The van der Waals surface area contributed by atoms with Crippen LogP contribution in [-0.4, -0.2) is 33.5 Å². The fraction of sp³-hybridized carbons (Fsp3) is 0.773. The van der Waals surface area contributed by atoms with Crippen molar-refractivity contribution in [2.24, 2.45) is 17.3 Å². The molecule has 0 amide bonds. The number of carboxylic acids is 1. The van der Waals surface area contributed by atoms with Crippen molar-refractivity contribution >= 4 is 5.97 Å². The lowest BCUT2D eigenvalue weighted by atomic mass is 9.80. The van der Waals surface area contributed by atoms with Gasteiger partial charge in [0.15, 0.2) is 0 Å². The summed E-state index contributed by atoms with van der Waals surface area (Å²) in [4.78, 5) is 10.6. The number of aliphatic hydroxyl groups excluding tert-OH is 2. The van der Waals surface area contributed by atoms with Gasteiger partial charge in [0, 0.05) is 12.3 Å². The summed E-state index contributed by atoms with van der Waals surface area (Å²) in [5.41, 5.74) is 1.54. The van der Waals surface area contributed by atoms with Crippen LogP contribution in [0.5, 0.6) is 0 Å². The molecule has 2 fully saturated rings. The summed E-state index contributed by atoms with van der Waals surface area (Å²) in [5, 5.41) is 29.4. The van der Waals surface area contributed by atoms with Crippen molar-refractivity contribution in [3.63, 3.8) is 0 Å². The molecule has 0 aliphatic heterocycles. The van der Waals surface area contributed by atoms with Crippen molar-refractivity contribution in [3.8, 4) is 0 Å². The summed E-state index contributed by atoms with van der Waals surface area (Å²) >= 11 is 0. The molecule has 2 aliphatic carbocycles. The molecule has 148 valence electrons. The van der Waals surface area contributed by atoms with E-state index in [9.17, 15) is 15.0 Å². The van der Waals surface area contributed by atoms with Crippen LogP contribution in [0.4, 0.5) is 0 Å². The van der Waals surface area contributed by atoms with E-state index in [1.807, 2.05) is 6.08 Å². The Hall–Kier alpha value is -1.13. The summed E-state index contributed by atoms with van der Waals surface area (Å²) in [6, 6.07) is 0. The van der Waals surface area contributed by atoms with E-state index in [0.717, 1.165) is 51.4 Å². The molecule has 4 nitrogen and oxygen atoms in total. The highest BCUT2D eigenvalue weighted by Crippen LogP contribution is 2.58. The Morgan fingerprint density at radius 1 is 1.35 bits per heavy atom. The molecule has 0 heterocycles. The van der Waals surface area contributed by atoms with Crippen LogP contribution >= 0.6 is 0 Å². The standard InChI is InChI=1S/C22H36O4/c1-3-4-5-9-17(23)11-12-18-19-13-16(8-6-7-10-21(25)26)14-22(19,2)15-20(18)24/h8,11-12,17-20,23-24H,3-7,9-10,13-15H2,1-2H3,(H,25,26)/b12-11+,16-8-/t17-,18?,19?,20+,22-/m0/s1. The van der Waals surface area contributed by atoms with E-state index < -0.39 is 12.1 Å². The first-order valence-electron chi connectivity index (χ1n) is 10.3. The van der Waals surface area contributed by atoms with Gasteiger partial charge in [0.25, 0.3) is 0 Å². The molecule has 2 aliphatic rings. The predicted molar refractivity (Wildman–Crippen MR) is 104 cm³/mol. The average molecular weight is 365 g/mol. The molecule has 0 spiro atoms. The van der Waals surface area contributed by atoms with Crippen molar-refractivity contribution in [2.75, 3.05) is 0 Å². The molecule has 4 heteroatoms. The zero-order chi connectivity index (χ0) is 19.2. The molecule has 2 rings (SSSR count). The highest BCUT2D eigenvalue weighted by molar-refractivity contribution is 5.66. The second-order valence-corrected chi connectivity index (χ2v) is 8.59. The number of rotatable bonds is 10. The number of aliphatic hydroxyl groups is 2. The number of unbranched alkanes of at least 4 members (excludes halogenated alkanes) is 3. The smallest absolute Gasteiger partial charge is 0.303 e. The molecule has 5 atom stereocenters. The molecule has 26 heavy (non-hydrogen) atoms. The maximum atomic E-state index is 10.6. The lowest BCUT2D eigenvalue weighted by Crippen LogP contribution is -2.19. The third-order valence-corrected chi connectivity index (χ3v) is 6.28. The lowest BCUT2D eigenvalue weighted by molar-refractivity contribution is -0.137. The zero-order valence-electron chi connectivity index (χ0n) is 16.4. The molecule has 3 N–H and O–H groups in total. The summed E-state index contributed by atoms with van der Waals surface area (Å²) < 4.78 is 0. The average Bonchev–Trinajstić information content (AvgIpc) is 2.99. The van der Waals surface area contributed by atoms with Gasteiger partial charge < -0.3 is 15.3 Å². The van der Waals surface area contributed by atoms with Crippen LogP contribution in [0.3, 0.4) is 0 Å². The Labute approximate surface area is 158 Å². The van der Waals surface area contributed by atoms with Gasteiger partial charge in [-0.3, -0.25) is 4.79 Å². The Morgan fingerprint density at radius 2 is 2.12 bits per heavy atom. The predicted octanol–water partition coefficient (Wildman–Crippen LogP) is 4.46. The van der Waals surface area contributed by atoms with Crippen LogP contribution in [0.15, 0.2) is 23.8 Å². The molecular formula is C22H36O4. The van der Waals surface area contributed by atoms with Crippen molar-refractivity contribution in [1.82, 2.24) is 0 Å². The third-order valence-electron chi connectivity index (χ3n) is 6.28. The van der Waals surface area contributed by atoms with Crippen molar-refractivity contribution in [3.05, 3.63) is 23.8 Å². The first-order valence-corrected chi connectivity index (χ1v) is 10.3. The number of hydrogen-bond donors (Lipinski definition) is 3. The van der Waals surface area contributed by atoms with Gasteiger partial charge in [-0.25, -0.2) is 0 Å². The van der Waals surface area contributed by atoms with Gasteiger partial charge in [-0.15, -0.1) is 0 Å². The Balaban J connectivity index is 1.91. The highest BCUT2D eigenvalue weighted by Gasteiger charge is 2.52. The van der Waals surface area contributed by atoms with Gasteiger partial charge in [0.2, 0.25) is 0 Å². The minimum atomic E-state index is -0.732. The number of carboxylic acid groups (broad SMARTS) is 1. The molecule has 0 radical (unpaired) electrons. The van der Waals surface area contributed by atoms with Crippen LogP contribution in [-0.2, 0) is 4.79 Å². The number of carbonyl (C=O) groups is 1. The molecule has 0 bridgehead atoms. The molecule has 0 aromatic heterocycles. The van der Waals surface area contributed by atoms with E-state index in [2.05, 4.69) is 26.0 Å². The van der Waals surface area contributed by atoms with Gasteiger partial charge in [-0.2, -0.15) is 0 Å². The number of allylic oxidation sites excluding steroid dienone is 2. The number of aliphatic carboxylic acids is 1. The fourth-order valence-electron chi connectivity index (χ4n) is 4.89. The van der Waals surface area contributed by atoms with Crippen molar-refractivity contribution in [2.45, 2.75) is 90.3 Å². The van der Waals surface area contributed by atoms with Crippen LogP contribution in [0.2, 0.25) is 0 Å². The van der Waals surface area contributed by atoms with E-state index >= 15 is 0 Å². The van der Waals surface area contributed by atoms with Crippen LogP contribution in [0, 0.1) is 17.3 Å². The number of hydrogen-bond acceptors (Lipinski definition) is 3. The topological polar surface area (TPSA) is 77.8 Å². The second kappa shape index (κ2) is 9.70. The van der Waals surface area contributed by atoms with E-state index in [4.69, 9.17) is 5.11 Å². The third kappa shape index (κ3) is 5.68. The van der Waals surface area contributed by atoms with Gasteiger partial charge >= 0.3 is 5.97 Å². The Kier molecular flexibility index (Phi) is 7.90. The summed E-state index contributed by atoms with van der Waals surface area (Å²) in [7, 11) is 0. The van der Waals surface area contributed by atoms with Gasteiger partial charge in [0.1, 0.15) is 0 Å². The molecule has 2 saturated carbocycles. The van der Waals surface area contributed by atoms with E-state index in [0.29, 0.717) is 12.3 Å². The molecule has 0 aromatic carbocycles. The quantitative estimate of drug-likeness (QED) is 0.395. The van der Waals surface area contributed by atoms with Gasteiger partial charge in [-0.05, 0) is 49.9 Å². The second-order valence-electron chi connectivity index (χ2n) is 8.59. The monoisotopic (exact) mass is 364 g/mol. The summed E-state index contributed by atoms with van der Waals surface area (Å²) in [6.45, 7) is 4.43. The van der Waals surface area contributed by atoms with E-state index in [-0.39, 0.29) is 23.9 Å².